The number of carbonyl (C=O) groups excluding carboxylic acids is 1. The molecular formula is C9H8ClN3O. The van der Waals surface area contributed by atoms with Crippen molar-refractivity contribution in [3.05, 3.63) is 35.1 Å². The first kappa shape index (κ1) is 9.02. The van der Waals surface area contributed by atoms with Gasteiger partial charge < -0.3 is 5.32 Å². The van der Waals surface area contributed by atoms with Gasteiger partial charge in [0.1, 0.15) is 0 Å². The molecule has 0 bridgehead atoms. The minimum Gasteiger partial charge on any atom is -0.354 e. The highest BCUT2D eigenvalue weighted by atomic mass is 35.5. The van der Waals surface area contributed by atoms with Crippen LogP contribution < -0.4 is 5.32 Å². The van der Waals surface area contributed by atoms with E-state index in [9.17, 15) is 4.79 Å². The van der Waals surface area contributed by atoms with Crippen molar-refractivity contribution < 1.29 is 4.79 Å². The van der Waals surface area contributed by atoms with Crippen LogP contribution in [-0.4, -0.2) is 22.6 Å². The lowest BCUT2D eigenvalue weighted by Crippen LogP contribution is -2.18. The predicted octanol–water partition coefficient (Wildman–Crippen LogP) is 1.35. The van der Waals surface area contributed by atoms with Crippen molar-refractivity contribution >= 4 is 23.0 Å². The number of hydrogen-bond donors (Lipinski definition) is 1. The topological polar surface area (TPSA) is 46.4 Å². The Bertz CT molecular complexity index is 492. The number of carbonyl (C=O) groups is 1. The van der Waals surface area contributed by atoms with Crippen molar-refractivity contribution in [2.45, 2.75) is 0 Å². The predicted molar refractivity (Wildman–Crippen MR) is 53.6 cm³/mol. The third-order valence-corrected chi connectivity index (χ3v) is 2.29. The van der Waals surface area contributed by atoms with Crippen LogP contribution in [-0.2, 0) is 0 Å². The average molecular weight is 210 g/mol. The zero-order valence-corrected chi connectivity index (χ0v) is 8.25. The molecule has 0 saturated heterocycles. The molecule has 14 heavy (non-hydrogen) atoms. The highest BCUT2D eigenvalue weighted by molar-refractivity contribution is 6.36. The molecule has 0 aromatic carbocycles. The molecule has 5 heteroatoms. The molecule has 0 atom stereocenters. The van der Waals surface area contributed by atoms with Gasteiger partial charge in [0.15, 0.2) is 5.69 Å². The lowest BCUT2D eigenvalue weighted by atomic mass is 10.3. The van der Waals surface area contributed by atoms with Gasteiger partial charge in [0.05, 0.1) is 10.5 Å². The Morgan fingerprint density at radius 3 is 3.00 bits per heavy atom. The summed E-state index contributed by atoms with van der Waals surface area (Å²) in [5.74, 6) is -0.279. The first-order chi connectivity index (χ1) is 6.74. The number of aromatic nitrogens is 2. The molecule has 0 radical (unpaired) electrons. The fourth-order valence-corrected chi connectivity index (χ4v) is 1.51. The van der Waals surface area contributed by atoms with Crippen LogP contribution in [0.4, 0.5) is 0 Å². The Hall–Kier alpha value is -1.55. The highest BCUT2D eigenvalue weighted by Gasteiger charge is 2.15. The summed E-state index contributed by atoms with van der Waals surface area (Å²) in [5.41, 5.74) is 0.980. The van der Waals surface area contributed by atoms with Crippen LogP contribution in [0.5, 0.6) is 0 Å². The molecule has 1 amide bonds. The van der Waals surface area contributed by atoms with Gasteiger partial charge in [0, 0.05) is 13.2 Å². The van der Waals surface area contributed by atoms with Crippen molar-refractivity contribution in [2.24, 2.45) is 0 Å². The zero-order chi connectivity index (χ0) is 10.1. The van der Waals surface area contributed by atoms with E-state index in [0.29, 0.717) is 5.02 Å². The average Bonchev–Trinajstić information content (AvgIpc) is 2.56. The van der Waals surface area contributed by atoms with Gasteiger partial charge in [-0.3, -0.25) is 4.79 Å². The number of amides is 1. The van der Waals surface area contributed by atoms with E-state index < -0.39 is 0 Å². The summed E-state index contributed by atoms with van der Waals surface area (Å²) in [5, 5.41) is 6.92. The Morgan fingerprint density at radius 2 is 2.36 bits per heavy atom. The molecule has 4 nitrogen and oxygen atoms in total. The third kappa shape index (κ3) is 1.24. The van der Waals surface area contributed by atoms with Gasteiger partial charge in [-0.2, -0.15) is 5.10 Å². The van der Waals surface area contributed by atoms with Gasteiger partial charge in [0.2, 0.25) is 0 Å². The van der Waals surface area contributed by atoms with Crippen LogP contribution in [0, 0.1) is 0 Å². The molecule has 0 aliphatic rings. The Morgan fingerprint density at radius 1 is 1.57 bits per heavy atom. The normalized spacial score (nSPS) is 10.4. The molecule has 0 spiro atoms. The zero-order valence-electron chi connectivity index (χ0n) is 7.49. The molecule has 0 fully saturated rings. The molecule has 0 unspecified atom stereocenters. The van der Waals surface area contributed by atoms with Crippen molar-refractivity contribution in [1.82, 2.24) is 14.9 Å². The standard InChI is InChI=1S/C9H8ClN3O/c1-11-9(14)8-7(10)6-4-2-3-5-13(6)12-8/h2-5H,1H3,(H,11,14). The second-order valence-electron chi connectivity index (χ2n) is 2.77. The number of hydrogen-bond acceptors (Lipinski definition) is 2. The summed E-state index contributed by atoms with van der Waals surface area (Å²) < 4.78 is 1.58. The SMILES string of the molecule is CNC(=O)c1nn2ccccc2c1Cl. The molecule has 0 aliphatic carbocycles. The number of nitrogens with zero attached hydrogens (tertiary/aromatic N) is 2. The number of fused-ring (bicyclic) bond motifs is 1. The van der Waals surface area contributed by atoms with E-state index in [1.807, 2.05) is 18.2 Å². The molecule has 2 aromatic rings. The van der Waals surface area contributed by atoms with Gasteiger partial charge in [-0.1, -0.05) is 17.7 Å². The lowest BCUT2D eigenvalue weighted by molar-refractivity contribution is 0.0958. The van der Waals surface area contributed by atoms with Crippen LogP contribution in [0.3, 0.4) is 0 Å². The maximum Gasteiger partial charge on any atom is 0.273 e. The lowest BCUT2D eigenvalue weighted by Gasteiger charge is -1.92. The first-order valence-electron chi connectivity index (χ1n) is 4.09. The second-order valence-corrected chi connectivity index (χ2v) is 3.15. The highest BCUT2D eigenvalue weighted by Crippen LogP contribution is 2.21. The van der Waals surface area contributed by atoms with Crippen LogP contribution in [0.15, 0.2) is 24.4 Å². The number of pyridine rings is 1. The maximum absolute atomic E-state index is 11.3. The van der Waals surface area contributed by atoms with Gasteiger partial charge in [-0.15, -0.1) is 0 Å². The van der Waals surface area contributed by atoms with Gasteiger partial charge in [0.25, 0.3) is 5.91 Å². The van der Waals surface area contributed by atoms with E-state index in [-0.39, 0.29) is 11.6 Å². The molecule has 0 aliphatic heterocycles. The smallest absolute Gasteiger partial charge is 0.273 e. The monoisotopic (exact) mass is 209 g/mol. The summed E-state index contributed by atoms with van der Waals surface area (Å²) >= 11 is 5.99. The van der Waals surface area contributed by atoms with E-state index in [4.69, 9.17) is 11.6 Å². The largest absolute Gasteiger partial charge is 0.354 e. The van der Waals surface area contributed by atoms with E-state index in [2.05, 4.69) is 10.4 Å². The fraction of sp³-hybridized carbons (Fsp3) is 0.111. The number of nitrogens with one attached hydrogen (secondary N) is 1. The molecule has 0 saturated carbocycles. The van der Waals surface area contributed by atoms with E-state index in [1.165, 1.54) is 0 Å². The minimum atomic E-state index is -0.279. The molecule has 2 aromatic heterocycles. The first-order valence-corrected chi connectivity index (χ1v) is 4.47. The van der Waals surface area contributed by atoms with Crippen molar-refractivity contribution in [3.8, 4) is 0 Å². The summed E-state index contributed by atoms with van der Waals surface area (Å²) in [4.78, 5) is 11.3. The number of rotatable bonds is 1. The molecule has 2 heterocycles. The van der Waals surface area contributed by atoms with Crippen LogP contribution in [0.2, 0.25) is 5.02 Å². The fourth-order valence-electron chi connectivity index (χ4n) is 1.23. The second kappa shape index (κ2) is 3.31. The van der Waals surface area contributed by atoms with Crippen molar-refractivity contribution in [2.75, 3.05) is 7.05 Å². The van der Waals surface area contributed by atoms with Gasteiger partial charge in [-0.25, -0.2) is 4.52 Å². The summed E-state index contributed by atoms with van der Waals surface area (Å²) in [6.07, 6.45) is 1.74. The maximum atomic E-state index is 11.3. The van der Waals surface area contributed by atoms with Crippen LogP contribution >= 0.6 is 11.6 Å². The Balaban J connectivity index is 2.68. The van der Waals surface area contributed by atoms with Crippen LogP contribution in [0.25, 0.3) is 5.52 Å². The van der Waals surface area contributed by atoms with Crippen molar-refractivity contribution in [1.29, 1.82) is 0 Å². The minimum absolute atomic E-state index is 0.250. The molecule has 2 rings (SSSR count). The number of halogens is 1. The van der Waals surface area contributed by atoms with E-state index >= 15 is 0 Å². The Kier molecular flexibility index (Phi) is 2.13. The van der Waals surface area contributed by atoms with Gasteiger partial charge >= 0.3 is 0 Å². The van der Waals surface area contributed by atoms with Gasteiger partial charge in [-0.05, 0) is 12.1 Å². The summed E-state index contributed by atoms with van der Waals surface area (Å²) in [7, 11) is 1.54. The van der Waals surface area contributed by atoms with E-state index in [1.54, 1.807) is 17.8 Å². The molecular weight excluding hydrogens is 202 g/mol. The van der Waals surface area contributed by atoms with E-state index in [0.717, 1.165) is 5.52 Å². The quantitative estimate of drug-likeness (QED) is 0.771. The summed E-state index contributed by atoms with van der Waals surface area (Å²) in [6, 6.07) is 5.47. The third-order valence-electron chi connectivity index (χ3n) is 1.92. The molecule has 1 N–H and O–H groups in total. The summed E-state index contributed by atoms with van der Waals surface area (Å²) in [6.45, 7) is 0. The Labute approximate surface area is 85.5 Å². The molecule has 72 valence electrons. The van der Waals surface area contributed by atoms with Crippen molar-refractivity contribution in [3.63, 3.8) is 0 Å². The van der Waals surface area contributed by atoms with Crippen LogP contribution in [0.1, 0.15) is 10.5 Å².